The zero-order valence-corrected chi connectivity index (χ0v) is 24.3. The summed E-state index contributed by atoms with van der Waals surface area (Å²) in [7, 11) is 0. The van der Waals surface area contributed by atoms with E-state index in [0.717, 1.165) is 27.5 Å². The van der Waals surface area contributed by atoms with Gasteiger partial charge in [0.1, 0.15) is 0 Å². The van der Waals surface area contributed by atoms with Gasteiger partial charge in [-0.2, -0.15) is 10.5 Å². The average Bonchev–Trinajstić information content (AvgIpc) is 3.54. The lowest BCUT2D eigenvalue weighted by Gasteiger charge is -2.32. The molecule has 0 saturated heterocycles. The third-order valence-corrected chi connectivity index (χ3v) is 9.21. The Labute approximate surface area is 257 Å². The van der Waals surface area contributed by atoms with Gasteiger partial charge in [-0.25, -0.2) is 0 Å². The van der Waals surface area contributed by atoms with E-state index in [1.165, 1.54) is 51.2 Å². The van der Waals surface area contributed by atoms with E-state index in [9.17, 15) is 10.5 Å². The summed E-state index contributed by atoms with van der Waals surface area (Å²) in [5.41, 5.74) is 12.9. The number of rotatable bonds is 5. The molecule has 0 heterocycles. The molecule has 0 amide bonds. The van der Waals surface area contributed by atoms with Gasteiger partial charge in [0.25, 0.3) is 0 Å². The highest BCUT2D eigenvalue weighted by Crippen LogP contribution is 2.64. The standard InChI is InChI=1S/C41H27N3/c1-4-26(22-42)25(3)28-14-18-34-35-19-16-29-20-30(36(24-44)27(5-2)23-43)15-17-31(29)40(35)41(39(34)21-28)37-12-8-6-10-32(37)33-11-7-9-13-38(33)41/h4-21,24,44H,2-3H2,1H3/b26-4-,36-27-,44-24?. The van der Waals surface area contributed by atoms with E-state index >= 15 is 0 Å². The number of fused-ring (bicyclic) bond motifs is 12. The van der Waals surface area contributed by atoms with Crippen molar-refractivity contribution in [1.29, 1.82) is 15.9 Å². The molecule has 44 heavy (non-hydrogen) atoms. The lowest BCUT2D eigenvalue weighted by atomic mass is 9.69. The molecule has 0 aromatic heterocycles. The van der Waals surface area contributed by atoms with Crippen molar-refractivity contribution in [2.45, 2.75) is 12.3 Å². The molecule has 3 heteroatoms. The number of nitrogens with one attached hydrogen (secondary N) is 1. The fourth-order valence-electron chi connectivity index (χ4n) is 7.33. The van der Waals surface area contributed by atoms with E-state index in [2.05, 4.69) is 116 Å². The normalized spacial score (nSPS) is 14.0. The highest BCUT2D eigenvalue weighted by Gasteiger charge is 2.52. The van der Waals surface area contributed by atoms with E-state index in [1.807, 2.05) is 19.1 Å². The summed E-state index contributed by atoms with van der Waals surface area (Å²) in [6.45, 7) is 9.96. The van der Waals surface area contributed by atoms with Gasteiger partial charge >= 0.3 is 0 Å². The van der Waals surface area contributed by atoms with E-state index in [1.54, 1.807) is 0 Å². The van der Waals surface area contributed by atoms with Gasteiger partial charge < -0.3 is 5.41 Å². The molecule has 206 valence electrons. The molecule has 5 aromatic rings. The van der Waals surface area contributed by atoms with Crippen molar-refractivity contribution in [3.05, 3.63) is 167 Å². The first-order valence-electron chi connectivity index (χ1n) is 14.5. The average molecular weight is 562 g/mol. The van der Waals surface area contributed by atoms with Gasteiger partial charge in [-0.05, 0) is 91.0 Å². The van der Waals surface area contributed by atoms with E-state index < -0.39 is 5.41 Å². The van der Waals surface area contributed by atoms with Crippen LogP contribution in [0.1, 0.15) is 40.3 Å². The Morgan fingerprint density at radius 1 is 0.750 bits per heavy atom. The van der Waals surface area contributed by atoms with Crippen molar-refractivity contribution >= 4 is 28.1 Å². The van der Waals surface area contributed by atoms with Gasteiger partial charge in [-0.1, -0.05) is 110 Å². The SMILES string of the molecule is C=C/C(C#N)=C(\C=N)c1ccc2c3c(ccc2c1)-c1ccc(C(=C)/C(C#N)=C\C)cc1C31c2ccccc2-c2ccccc21. The Morgan fingerprint density at radius 3 is 2.00 bits per heavy atom. The summed E-state index contributed by atoms with van der Waals surface area (Å²) in [5.74, 6) is 0. The molecule has 1 spiro atoms. The maximum absolute atomic E-state index is 9.80. The summed E-state index contributed by atoms with van der Waals surface area (Å²) in [6.07, 6.45) is 4.54. The molecule has 0 aliphatic heterocycles. The third-order valence-electron chi connectivity index (χ3n) is 9.21. The summed E-state index contributed by atoms with van der Waals surface area (Å²) < 4.78 is 0. The van der Waals surface area contributed by atoms with Crippen LogP contribution in [0.2, 0.25) is 0 Å². The van der Waals surface area contributed by atoms with Gasteiger partial charge in [-0.3, -0.25) is 0 Å². The Bertz CT molecular complexity index is 2220. The molecule has 0 radical (unpaired) electrons. The van der Waals surface area contributed by atoms with E-state index in [0.29, 0.717) is 22.3 Å². The summed E-state index contributed by atoms with van der Waals surface area (Å²) in [6, 6.07) is 38.8. The predicted octanol–water partition coefficient (Wildman–Crippen LogP) is 9.78. The van der Waals surface area contributed by atoms with Crippen molar-refractivity contribution < 1.29 is 0 Å². The van der Waals surface area contributed by atoms with E-state index in [4.69, 9.17) is 5.41 Å². The van der Waals surface area contributed by atoms with Crippen LogP contribution in [0.25, 0.3) is 44.2 Å². The Hall–Kier alpha value is -6.03. The van der Waals surface area contributed by atoms with E-state index in [-0.39, 0.29) is 0 Å². The first kappa shape index (κ1) is 26.8. The van der Waals surface area contributed by atoms with Crippen LogP contribution in [0, 0.1) is 28.1 Å². The van der Waals surface area contributed by atoms with Crippen LogP contribution >= 0.6 is 0 Å². The molecule has 2 aliphatic rings. The number of hydrogen-bond donors (Lipinski definition) is 1. The van der Waals surface area contributed by atoms with Gasteiger partial charge in [0.15, 0.2) is 0 Å². The van der Waals surface area contributed by atoms with Crippen LogP contribution in [0.5, 0.6) is 0 Å². The van der Waals surface area contributed by atoms with Crippen molar-refractivity contribution in [1.82, 2.24) is 0 Å². The van der Waals surface area contributed by atoms with Crippen LogP contribution in [-0.2, 0) is 5.41 Å². The van der Waals surface area contributed by atoms with Gasteiger partial charge in [0.05, 0.1) is 28.7 Å². The minimum Gasteiger partial charge on any atom is -0.308 e. The Morgan fingerprint density at radius 2 is 1.39 bits per heavy atom. The zero-order chi connectivity index (χ0) is 30.6. The Balaban J connectivity index is 1.61. The lowest BCUT2D eigenvalue weighted by molar-refractivity contribution is 0.801. The van der Waals surface area contributed by atoms with Crippen molar-refractivity contribution in [3.63, 3.8) is 0 Å². The molecule has 0 atom stereocenters. The number of hydrogen-bond acceptors (Lipinski definition) is 3. The number of allylic oxidation sites excluding steroid dienone is 6. The number of nitriles is 2. The minimum atomic E-state index is -0.586. The summed E-state index contributed by atoms with van der Waals surface area (Å²) in [4.78, 5) is 0. The quantitative estimate of drug-likeness (QED) is 0.129. The van der Waals surface area contributed by atoms with Gasteiger partial charge in [0.2, 0.25) is 0 Å². The molecule has 0 bridgehead atoms. The monoisotopic (exact) mass is 561 g/mol. The van der Waals surface area contributed by atoms with Crippen LogP contribution in [0.3, 0.4) is 0 Å². The molecule has 7 rings (SSSR count). The second-order valence-electron chi connectivity index (χ2n) is 11.1. The summed E-state index contributed by atoms with van der Waals surface area (Å²) in [5, 5.41) is 29.7. The smallest absolute Gasteiger partial charge is 0.0998 e. The molecule has 3 nitrogen and oxygen atoms in total. The van der Waals surface area contributed by atoms with Crippen LogP contribution < -0.4 is 0 Å². The highest BCUT2D eigenvalue weighted by atomic mass is 14.5. The van der Waals surface area contributed by atoms with Crippen molar-refractivity contribution in [2.24, 2.45) is 0 Å². The Kier molecular flexibility index (Phi) is 6.13. The lowest BCUT2D eigenvalue weighted by Crippen LogP contribution is -2.26. The minimum absolute atomic E-state index is 0.369. The first-order valence-corrected chi connectivity index (χ1v) is 14.5. The predicted molar refractivity (Wildman–Crippen MR) is 180 cm³/mol. The fourth-order valence-corrected chi connectivity index (χ4v) is 7.33. The molecule has 5 aromatic carbocycles. The second kappa shape index (κ2) is 10.1. The maximum atomic E-state index is 9.80. The topological polar surface area (TPSA) is 71.4 Å². The first-order chi connectivity index (χ1) is 21.5. The van der Waals surface area contributed by atoms with Crippen LogP contribution in [-0.4, -0.2) is 6.21 Å². The van der Waals surface area contributed by atoms with Gasteiger partial charge in [-0.15, -0.1) is 0 Å². The van der Waals surface area contributed by atoms with Crippen molar-refractivity contribution in [3.8, 4) is 34.4 Å². The molecule has 1 N–H and O–H groups in total. The third kappa shape index (κ3) is 3.45. The zero-order valence-electron chi connectivity index (χ0n) is 24.3. The molecule has 0 fully saturated rings. The molecule has 2 aliphatic carbocycles. The number of nitrogens with zero attached hydrogens (tertiary/aromatic N) is 2. The maximum Gasteiger partial charge on any atom is 0.0998 e. The van der Waals surface area contributed by atoms with Crippen LogP contribution in [0.15, 0.2) is 134 Å². The molecular weight excluding hydrogens is 534 g/mol. The molecular formula is C41H27N3. The number of benzene rings is 5. The van der Waals surface area contributed by atoms with Gasteiger partial charge in [0, 0.05) is 11.8 Å². The fraction of sp³-hybridized carbons (Fsp3) is 0.0488. The van der Waals surface area contributed by atoms with Crippen molar-refractivity contribution in [2.75, 3.05) is 0 Å². The largest absolute Gasteiger partial charge is 0.308 e. The molecule has 0 saturated carbocycles. The molecule has 0 unspecified atom stereocenters. The van der Waals surface area contributed by atoms with Crippen LogP contribution in [0.4, 0.5) is 0 Å². The summed E-state index contributed by atoms with van der Waals surface area (Å²) >= 11 is 0. The second-order valence-corrected chi connectivity index (χ2v) is 11.1. The highest BCUT2D eigenvalue weighted by molar-refractivity contribution is 6.13.